The van der Waals surface area contributed by atoms with Crippen LogP contribution in [0.5, 0.6) is 0 Å². The van der Waals surface area contributed by atoms with E-state index in [1.807, 2.05) is 6.08 Å². The standard InChI is InChI=1S/C11H18O/c1-11-6-3-2-4-9(11)8-10(12)5-7-11/h5,9,12H,2-4,6-8H2,1H3/t9-,11-/m0/s1. The van der Waals surface area contributed by atoms with Crippen molar-refractivity contribution in [1.29, 1.82) is 0 Å². The summed E-state index contributed by atoms with van der Waals surface area (Å²) in [6.07, 6.45) is 9.52. The second kappa shape index (κ2) is 2.79. The van der Waals surface area contributed by atoms with Gasteiger partial charge in [-0.05, 0) is 36.7 Å². The summed E-state index contributed by atoms with van der Waals surface area (Å²) in [5.41, 5.74) is 0.518. The van der Waals surface area contributed by atoms with E-state index in [9.17, 15) is 5.11 Å². The topological polar surface area (TPSA) is 20.2 Å². The second-order valence-corrected chi connectivity index (χ2v) is 4.70. The Kier molecular flexibility index (Phi) is 1.90. The van der Waals surface area contributed by atoms with Crippen molar-refractivity contribution >= 4 is 0 Å². The molecule has 2 atom stereocenters. The lowest BCUT2D eigenvalue weighted by atomic mass is 9.62. The van der Waals surface area contributed by atoms with Gasteiger partial charge in [-0.3, -0.25) is 0 Å². The van der Waals surface area contributed by atoms with Crippen molar-refractivity contribution in [2.75, 3.05) is 0 Å². The molecule has 2 aliphatic carbocycles. The summed E-state index contributed by atoms with van der Waals surface area (Å²) in [4.78, 5) is 0. The predicted octanol–water partition coefficient (Wildman–Crippen LogP) is 3.42. The molecular formula is C11H18O. The van der Waals surface area contributed by atoms with E-state index >= 15 is 0 Å². The number of fused-ring (bicyclic) bond motifs is 1. The third-order valence-electron chi connectivity index (χ3n) is 3.80. The quantitative estimate of drug-likeness (QED) is 0.584. The van der Waals surface area contributed by atoms with Crippen molar-refractivity contribution in [3.63, 3.8) is 0 Å². The Bertz CT molecular complexity index is 207. The molecule has 0 unspecified atom stereocenters. The minimum Gasteiger partial charge on any atom is -0.513 e. The van der Waals surface area contributed by atoms with E-state index < -0.39 is 0 Å². The van der Waals surface area contributed by atoms with E-state index in [-0.39, 0.29) is 0 Å². The maximum atomic E-state index is 9.42. The van der Waals surface area contributed by atoms with Gasteiger partial charge >= 0.3 is 0 Å². The molecule has 2 rings (SSSR count). The molecule has 1 N–H and O–H groups in total. The van der Waals surface area contributed by atoms with Crippen molar-refractivity contribution in [2.45, 2.75) is 45.4 Å². The van der Waals surface area contributed by atoms with E-state index in [4.69, 9.17) is 0 Å². The number of aliphatic hydroxyl groups excluding tert-OH is 1. The van der Waals surface area contributed by atoms with Gasteiger partial charge < -0.3 is 5.11 Å². The zero-order valence-electron chi connectivity index (χ0n) is 7.84. The minimum atomic E-state index is 0.518. The van der Waals surface area contributed by atoms with Gasteiger partial charge in [0.05, 0.1) is 5.76 Å². The van der Waals surface area contributed by atoms with Crippen LogP contribution in [0.2, 0.25) is 0 Å². The number of allylic oxidation sites excluding steroid dienone is 2. The van der Waals surface area contributed by atoms with Crippen molar-refractivity contribution in [3.05, 3.63) is 11.8 Å². The fraction of sp³-hybridized carbons (Fsp3) is 0.818. The summed E-state index contributed by atoms with van der Waals surface area (Å²) in [6.45, 7) is 2.39. The Morgan fingerprint density at radius 3 is 3.17 bits per heavy atom. The molecule has 0 heterocycles. The second-order valence-electron chi connectivity index (χ2n) is 4.70. The summed E-state index contributed by atoms with van der Waals surface area (Å²) >= 11 is 0. The monoisotopic (exact) mass is 166 g/mol. The fourth-order valence-electron chi connectivity index (χ4n) is 2.78. The third kappa shape index (κ3) is 1.26. The van der Waals surface area contributed by atoms with Gasteiger partial charge in [0.2, 0.25) is 0 Å². The summed E-state index contributed by atoms with van der Waals surface area (Å²) in [5, 5.41) is 9.42. The number of hydrogen-bond donors (Lipinski definition) is 1. The van der Waals surface area contributed by atoms with Crippen LogP contribution in [-0.2, 0) is 0 Å². The van der Waals surface area contributed by atoms with Crippen LogP contribution in [0.4, 0.5) is 0 Å². The first-order chi connectivity index (χ1) is 5.71. The smallest absolute Gasteiger partial charge is 0.0886 e. The molecular weight excluding hydrogens is 148 g/mol. The van der Waals surface area contributed by atoms with Crippen molar-refractivity contribution in [3.8, 4) is 0 Å². The molecule has 0 saturated heterocycles. The van der Waals surface area contributed by atoms with Crippen LogP contribution in [-0.4, -0.2) is 5.11 Å². The van der Waals surface area contributed by atoms with Gasteiger partial charge in [0.15, 0.2) is 0 Å². The Balaban J connectivity index is 2.16. The van der Waals surface area contributed by atoms with Gasteiger partial charge in [-0.2, -0.15) is 0 Å². The van der Waals surface area contributed by atoms with Gasteiger partial charge in [0.25, 0.3) is 0 Å². The molecule has 0 aliphatic heterocycles. The molecule has 0 spiro atoms. The van der Waals surface area contributed by atoms with Gasteiger partial charge in [-0.15, -0.1) is 0 Å². The Morgan fingerprint density at radius 2 is 2.33 bits per heavy atom. The summed E-state index contributed by atoms with van der Waals surface area (Å²) in [6, 6.07) is 0. The van der Waals surface area contributed by atoms with Crippen molar-refractivity contribution in [1.82, 2.24) is 0 Å². The molecule has 2 aliphatic rings. The highest BCUT2D eigenvalue weighted by atomic mass is 16.3. The van der Waals surface area contributed by atoms with E-state index in [1.54, 1.807) is 0 Å². The van der Waals surface area contributed by atoms with E-state index in [1.165, 1.54) is 25.7 Å². The molecule has 1 nitrogen and oxygen atoms in total. The molecule has 12 heavy (non-hydrogen) atoms. The predicted molar refractivity (Wildman–Crippen MR) is 50.0 cm³/mol. The highest BCUT2D eigenvalue weighted by molar-refractivity contribution is 5.06. The zero-order chi connectivity index (χ0) is 8.60. The molecule has 0 bridgehead atoms. The van der Waals surface area contributed by atoms with Crippen LogP contribution in [0.3, 0.4) is 0 Å². The van der Waals surface area contributed by atoms with Crippen LogP contribution < -0.4 is 0 Å². The van der Waals surface area contributed by atoms with Crippen LogP contribution >= 0.6 is 0 Å². The van der Waals surface area contributed by atoms with Crippen LogP contribution in [0.15, 0.2) is 11.8 Å². The van der Waals surface area contributed by atoms with Crippen LogP contribution in [0.1, 0.15) is 45.4 Å². The van der Waals surface area contributed by atoms with Crippen LogP contribution in [0, 0.1) is 11.3 Å². The van der Waals surface area contributed by atoms with Gasteiger partial charge in [0, 0.05) is 6.42 Å². The number of aliphatic hydroxyl groups is 1. The lowest BCUT2D eigenvalue weighted by Gasteiger charge is -2.43. The molecule has 68 valence electrons. The molecule has 0 radical (unpaired) electrons. The average molecular weight is 166 g/mol. The first-order valence-electron chi connectivity index (χ1n) is 5.09. The van der Waals surface area contributed by atoms with E-state index in [2.05, 4.69) is 6.92 Å². The van der Waals surface area contributed by atoms with Gasteiger partial charge in [-0.1, -0.05) is 19.8 Å². The molecule has 1 saturated carbocycles. The zero-order valence-corrected chi connectivity index (χ0v) is 7.84. The molecule has 1 fully saturated rings. The third-order valence-corrected chi connectivity index (χ3v) is 3.80. The Morgan fingerprint density at radius 1 is 1.50 bits per heavy atom. The molecule has 0 amide bonds. The number of hydrogen-bond acceptors (Lipinski definition) is 1. The summed E-state index contributed by atoms with van der Waals surface area (Å²) < 4.78 is 0. The van der Waals surface area contributed by atoms with Gasteiger partial charge in [-0.25, -0.2) is 0 Å². The molecule has 1 heteroatoms. The average Bonchev–Trinajstić information content (AvgIpc) is 2.06. The normalized spacial score (nSPS) is 41.8. The SMILES string of the molecule is C[C@]12CC=C(O)C[C@@H]1CCCC2. The Labute approximate surface area is 74.5 Å². The lowest BCUT2D eigenvalue weighted by Crippen LogP contribution is -2.33. The number of rotatable bonds is 0. The van der Waals surface area contributed by atoms with Gasteiger partial charge in [0.1, 0.15) is 0 Å². The lowest BCUT2D eigenvalue weighted by molar-refractivity contribution is 0.0927. The Hall–Kier alpha value is -0.460. The maximum absolute atomic E-state index is 9.42. The first-order valence-corrected chi connectivity index (χ1v) is 5.09. The largest absolute Gasteiger partial charge is 0.513 e. The summed E-state index contributed by atoms with van der Waals surface area (Å²) in [5.74, 6) is 1.40. The fourth-order valence-corrected chi connectivity index (χ4v) is 2.78. The molecule has 0 aromatic heterocycles. The maximum Gasteiger partial charge on any atom is 0.0886 e. The van der Waals surface area contributed by atoms with Crippen LogP contribution in [0.25, 0.3) is 0 Å². The first kappa shape index (κ1) is 8.15. The van der Waals surface area contributed by atoms with Crippen molar-refractivity contribution < 1.29 is 5.11 Å². The summed E-state index contributed by atoms with van der Waals surface area (Å²) in [7, 11) is 0. The van der Waals surface area contributed by atoms with E-state index in [0.717, 1.165) is 18.8 Å². The minimum absolute atomic E-state index is 0.518. The highest BCUT2D eigenvalue weighted by Gasteiger charge is 2.38. The van der Waals surface area contributed by atoms with E-state index in [0.29, 0.717) is 11.2 Å². The molecule has 0 aromatic rings. The highest BCUT2D eigenvalue weighted by Crippen LogP contribution is 2.48. The van der Waals surface area contributed by atoms with Crippen molar-refractivity contribution in [2.24, 2.45) is 11.3 Å². The molecule has 0 aromatic carbocycles.